The van der Waals surface area contributed by atoms with Gasteiger partial charge in [0.2, 0.25) is 0 Å². The van der Waals surface area contributed by atoms with Gasteiger partial charge in [-0.15, -0.1) is 11.8 Å². The number of thioether (sulfide) groups is 1. The second kappa shape index (κ2) is 15.9. The van der Waals surface area contributed by atoms with E-state index in [1.54, 1.807) is 39.9 Å². The molecule has 2 aromatic carbocycles. The predicted octanol–water partition coefficient (Wildman–Crippen LogP) is 5.56. The smallest absolute Gasteiger partial charge is 0.390 e. The van der Waals surface area contributed by atoms with Crippen LogP contribution in [0.25, 0.3) is 11.3 Å². The number of fused-ring (bicyclic) bond motifs is 1. The summed E-state index contributed by atoms with van der Waals surface area (Å²) in [5.74, 6) is -0.0422. The maximum atomic E-state index is 14.2. The van der Waals surface area contributed by atoms with Crippen molar-refractivity contribution >= 4 is 17.7 Å². The number of alkyl halides is 4. The molecule has 266 valence electrons. The van der Waals surface area contributed by atoms with Gasteiger partial charge in [-0.3, -0.25) is 9.48 Å². The molecule has 13 heteroatoms. The van der Waals surface area contributed by atoms with E-state index in [2.05, 4.69) is 9.80 Å². The molecule has 1 amide bonds. The van der Waals surface area contributed by atoms with Crippen LogP contribution in [0.1, 0.15) is 60.6 Å². The Labute approximate surface area is 289 Å². The van der Waals surface area contributed by atoms with Crippen molar-refractivity contribution in [2.45, 2.75) is 81.1 Å². The summed E-state index contributed by atoms with van der Waals surface area (Å²) in [6.45, 7) is 4.78. The molecule has 2 fully saturated rings. The maximum absolute atomic E-state index is 14.2. The molecule has 3 aromatic rings. The summed E-state index contributed by atoms with van der Waals surface area (Å²) in [5.41, 5.74) is 2.25. The van der Waals surface area contributed by atoms with E-state index >= 15 is 0 Å². The number of likely N-dealkylation sites (tertiary alicyclic amines) is 2. The van der Waals surface area contributed by atoms with E-state index in [0.717, 1.165) is 49.5 Å². The van der Waals surface area contributed by atoms with Crippen LogP contribution in [0, 0.1) is 0 Å². The van der Waals surface area contributed by atoms with Crippen LogP contribution in [0.2, 0.25) is 0 Å². The van der Waals surface area contributed by atoms with Gasteiger partial charge in [0, 0.05) is 73.2 Å². The molecule has 0 spiro atoms. The fourth-order valence-corrected chi connectivity index (χ4v) is 8.26. The standard InChI is InChI=1S/C36H45F4N5O3S/c37-27-11-16-42(17-12-27)19-20-49-32-21-26(9-10-30(32)36(38,39)40)33-29-24-44(35(48)34(47)25-7-3-1-4-8-25)18-13-31(29)45(41-33)23-28(46)22-43-14-5-2-6-15-43/h1,3-4,7-10,21,27-28,34,46-47H,2,5-6,11-20,22-24H2/t28?,34-/m0/s1. The van der Waals surface area contributed by atoms with Gasteiger partial charge in [0.25, 0.3) is 5.91 Å². The number of nitrogens with zero attached hydrogens (tertiary/aromatic N) is 5. The molecule has 8 nitrogen and oxygen atoms in total. The number of carbonyl (C=O) groups excluding carboxylic acids is 1. The number of aliphatic hydroxyl groups is 2. The number of piperidine rings is 2. The molecule has 3 aliphatic rings. The van der Waals surface area contributed by atoms with Gasteiger partial charge in [0.05, 0.1) is 23.9 Å². The van der Waals surface area contributed by atoms with Crippen molar-refractivity contribution < 1.29 is 32.6 Å². The lowest BCUT2D eigenvalue weighted by atomic mass is 9.98. The molecule has 0 radical (unpaired) electrons. The first-order chi connectivity index (χ1) is 23.6. The zero-order chi connectivity index (χ0) is 34.5. The van der Waals surface area contributed by atoms with Crippen molar-refractivity contribution in [3.8, 4) is 11.3 Å². The molecule has 0 aliphatic carbocycles. The van der Waals surface area contributed by atoms with Crippen LogP contribution >= 0.6 is 11.8 Å². The Morgan fingerprint density at radius 1 is 0.939 bits per heavy atom. The normalized spacial score (nSPS) is 19.5. The number of hydrogen-bond acceptors (Lipinski definition) is 7. The summed E-state index contributed by atoms with van der Waals surface area (Å²) >= 11 is 1.13. The Hall–Kier alpha value is -2.97. The Bertz CT molecular complexity index is 1560. The van der Waals surface area contributed by atoms with Crippen LogP contribution in [0.4, 0.5) is 17.6 Å². The van der Waals surface area contributed by atoms with Crippen molar-refractivity contribution in [1.82, 2.24) is 24.5 Å². The van der Waals surface area contributed by atoms with E-state index in [1.165, 1.54) is 18.6 Å². The Kier molecular flexibility index (Phi) is 11.7. The van der Waals surface area contributed by atoms with E-state index in [4.69, 9.17) is 5.10 Å². The molecule has 2 N–H and O–H groups in total. The van der Waals surface area contributed by atoms with Crippen LogP contribution in [0.3, 0.4) is 0 Å². The van der Waals surface area contributed by atoms with E-state index in [1.807, 2.05) is 0 Å². The van der Waals surface area contributed by atoms with Gasteiger partial charge in [0.15, 0.2) is 6.10 Å². The highest BCUT2D eigenvalue weighted by molar-refractivity contribution is 7.99. The zero-order valence-electron chi connectivity index (χ0n) is 27.6. The monoisotopic (exact) mass is 703 g/mol. The van der Waals surface area contributed by atoms with Crippen LogP contribution in [0.15, 0.2) is 53.4 Å². The quantitative estimate of drug-likeness (QED) is 0.200. The topological polar surface area (TPSA) is 85.1 Å². The summed E-state index contributed by atoms with van der Waals surface area (Å²) in [7, 11) is 0. The number of aromatic nitrogens is 2. The van der Waals surface area contributed by atoms with E-state index in [0.29, 0.717) is 80.1 Å². The number of aliphatic hydroxyl groups excluding tert-OH is 2. The summed E-state index contributed by atoms with van der Waals surface area (Å²) < 4.78 is 57.9. The summed E-state index contributed by atoms with van der Waals surface area (Å²) in [4.78, 5) is 19.5. The molecule has 1 aromatic heterocycles. The highest BCUT2D eigenvalue weighted by Crippen LogP contribution is 2.40. The number of hydrogen-bond donors (Lipinski definition) is 2. The second-order valence-electron chi connectivity index (χ2n) is 13.4. The van der Waals surface area contributed by atoms with Gasteiger partial charge in [-0.1, -0.05) is 42.8 Å². The van der Waals surface area contributed by atoms with E-state index < -0.39 is 36.0 Å². The zero-order valence-corrected chi connectivity index (χ0v) is 28.4. The molecule has 0 saturated carbocycles. The second-order valence-corrected chi connectivity index (χ2v) is 14.5. The van der Waals surface area contributed by atoms with Gasteiger partial charge >= 0.3 is 6.18 Å². The third-order valence-electron chi connectivity index (χ3n) is 9.84. The Balaban J connectivity index is 1.28. The fourth-order valence-electron chi connectivity index (χ4n) is 7.14. The lowest BCUT2D eigenvalue weighted by molar-refractivity contribution is -0.141. The van der Waals surface area contributed by atoms with Crippen molar-refractivity contribution in [3.63, 3.8) is 0 Å². The van der Waals surface area contributed by atoms with Gasteiger partial charge < -0.3 is 24.9 Å². The number of benzene rings is 2. The van der Waals surface area contributed by atoms with Crippen molar-refractivity contribution in [1.29, 1.82) is 0 Å². The third kappa shape index (κ3) is 8.86. The van der Waals surface area contributed by atoms with Gasteiger partial charge in [0.1, 0.15) is 6.17 Å². The van der Waals surface area contributed by atoms with Crippen LogP contribution < -0.4 is 0 Å². The molecular formula is C36H45F4N5O3S. The highest BCUT2D eigenvalue weighted by atomic mass is 32.2. The first-order valence-electron chi connectivity index (χ1n) is 17.3. The van der Waals surface area contributed by atoms with Crippen LogP contribution in [0.5, 0.6) is 0 Å². The Morgan fingerprint density at radius 3 is 2.39 bits per heavy atom. The number of β-amino-alcohol motifs (C(OH)–C–C–N with tert-alkyl or cyclic N) is 1. The summed E-state index contributed by atoms with van der Waals surface area (Å²) in [6.07, 6.45) is -2.75. The van der Waals surface area contributed by atoms with Gasteiger partial charge in [-0.05, 0) is 56.5 Å². The minimum Gasteiger partial charge on any atom is -0.390 e. The van der Waals surface area contributed by atoms with Crippen LogP contribution in [-0.4, -0.2) is 104 Å². The maximum Gasteiger partial charge on any atom is 0.417 e. The van der Waals surface area contributed by atoms with Crippen molar-refractivity contribution in [2.75, 3.05) is 51.6 Å². The SMILES string of the molecule is O=C([C@@H](O)c1ccccc1)N1CCc2c(c(-c3ccc(C(F)(F)F)c(SCCN4CCC(F)CC4)c3)nn2CC(O)CN2CCCCC2)C1. The molecule has 2 saturated heterocycles. The molecular weight excluding hydrogens is 658 g/mol. The van der Waals surface area contributed by atoms with Crippen LogP contribution in [-0.2, 0) is 30.5 Å². The van der Waals surface area contributed by atoms with Crippen molar-refractivity contribution in [3.05, 3.63) is 70.9 Å². The van der Waals surface area contributed by atoms with Crippen molar-refractivity contribution in [2.24, 2.45) is 0 Å². The molecule has 1 unspecified atom stereocenters. The molecule has 0 bridgehead atoms. The largest absolute Gasteiger partial charge is 0.417 e. The minimum absolute atomic E-state index is 0.0852. The average molecular weight is 704 g/mol. The number of rotatable bonds is 11. The molecule has 6 rings (SSSR count). The molecule has 3 aliphatic heterocycles. The number of halogens is 4. The fraction of sp³-hybridized carbons (Fsp3) is 0.556. The van der Waals surface area contributed by atoms with Gasteiger partial charge in [-0.2, -0.15) is 18.3 Å². The average Bonchev–Trinajstić information content (AvgIpc) is 3.46. The Morgan fingerprint density at radius 2 is 1.67 bits per heavy atom. The number of amides is 1. The first kappa shape index (κ1) is 35.8. The highest BCUT2D eigenvalue weighted by Gasteiger charge is 2.36. The van der Waals surface area contributed by atoms with E-state index in [9.17, 15) is 32.6 Å². The molecule has 49 heavy (non-hydrogen) atoms. The van der Waals surface area contributed by atoms with E-state index in [-0.39, 0.29) is 18.0 Å². The number of carbonyl (C=O) groups is 1. The van der Waals surface area contributed by atoms with Gasteiger partial charge in [-0.25, -0.2) is 4.39 Å². The molecule has 2 atom stereocenters. The lowest BCUT2D eigenvalue weighted by Gasteiger charge is -2.30. The third-order valence-corrected chi connectivity index (χ3v) is 10.9. The first-order valence-corrected chi connectivity index (χ1v) is 18.3. The lowest BCUT2D eigenvalue weighted by Crippen LogP contribution is -2.40. The summed E-state index contributed by atoms with van der Waals surface area (Å²) in [6, 6.07) is 12.7. The molecule has 4 heterocycles. The minimum atomic E-state index is -4.55. The predicted molar refractivity (Wildman–Crippen MR) is 181 cm³/mol. The summed E-state index contributed by atoms with van der Waals surface area (Å²) in [5, 5.41) is 26.9.